The molecule has 0 fully saturated rings. The second-order valence-corrected chi connectivity index (χ2v) is 5.27. The molecule has 0 saturated heterocycles. The molecule has 0 radical (unpaired) electrons. The highest BCUT2D eigenvalue weighted by atomic mass is 16.1. The van der Waals surface area contributed by atoms with Crippen LogP contribution in [0.3, 0.4) is 0 Å². The lowest BCUT2D eigenvalue weighted by molar-refractivity contribution is 0.1000. The van der Waals surface area contributed by atoms with Gasteiger partial charge in [0.1, 0.15) is 0 Å². The number of primary amides is 1. The molecule has 0 aromatic heterocycles. The minimum atomic E-state index is -0.352. The molecular formula is C15H23NO. The van der Waals surface area contributed by atoms with Gasteiger partial charge in [-0.05, 0) is 54.9 Å². The van der Waals surface area contributed by atoms with Gasteiger partial charge >= 0.3 is 0 Å². The van der Waals surface area contributed by atoms with Gasteiger partial charge in [-0.3, -0.25) is 4.79 Å². The average Bonchev–Trinajstić information content (AvgIpc) is 2.26. The summed E-state index contributed by atoms with van der Waals surface area (Å²) in [4.78, 5) is 11.0. The van der Waals surface area contributed by atoms with Gasteiger partial charge < -0.3 is 5.73 Å². The lowest BCUT2D eigenvalue weighted by Crippen LogP contribution is -2.11. The molecule has 2 nitrogen and oxygen atoms in total. The summed E-state index contributed by atoms with van der Waals surface area (Å²) >= 11 is 0. The first-order valence-corrected chi connectivity index (χ1v) is 6.31. The van der Waals surface area contributed by atoms with Crippen molar-refractivity contribution in [1.29, 1.82) is 0 Å². The van der Waals surface area contributed by atoms with Crippen molar-refractivity contribution >= 4 is 5.91 Å². The van der Waals surface area contributed by atoms with Gasteiger partial charge in [-0.15, -0.1) is 0 Å². The van der Waals surface area contributed by atoms with E-state index >= 15 is 0 Å². The van der Waals surface area contributed by atoms with E-state index in [4.69, 9.17) is 5.73 Å². The Morgan fingerprint density at radius 3 is 2.41 bits per heavy atom. The van der Waals surface area contributed by atoms with Crippen LogP contribution in [0.4, 0.5) is 0 Å². The van der Waals surface area contributed by atoms with Crippen molar-refractivity contribution in [2.75, 3.05) is 0 Å². The Hall–Kier alpha value is -1.31. The molecule has 1 aromatic carbocycles. The van der Waals surface area contributed by atoms with Crippen LogP contribution in [0, 0.1) is 18.8 Å². The molecular weight excluding hydrogens is 210 g/mol. The molecule has 0 saturated carbocycles. The second kappa shape index (κ2) is 5.85. The molecule has 0 bridgehead atoms. The predicted octanol–water partition coefficient (Wildman–Crippen LogP) is 3.32. The van der Waals surface area contributed by atoms with E-state index in [1.54, 1.807) is 0 Å². The number of benzene rings is 1. The average molecular weight is 233 g/mol. The van der Waals surface area contributed by atoms with Crippen LogP contribution in [0.25, 0.3) is 0 Å². The monoisotopic (exact) mass is 233 g/mol. The van der Waals surface area contributed by atoms with E-state index in [-0.39, 0.29) is 5.91 Å². The largest absolute Gasteiger partial charge is 0.366 e. The van der Waals surface area contributed by atoms with E-state index in [1.165, 1.54) is 12.0 Å². The summed E-state index contributed by atoms with van der Waals surface area (Å²) in [6.07, 6.45) is 2.26. The summed E-state index contributed by atoms with van der Waals surface area (Å²) in [5, 5.41) is 0. The normalized spacial score (nSPS) is 12.8. The molecule has 2 heteroatoms. The van der Waals surface area contributed by atoms with Gasteiger partial charge in [0.15, 0.2) is 0 Å². The van der Waals surface area contributed by atoms with Gasteiger partial charge in [0.2, 0.25) is 5.91 Å². The number of amides is 1. The first kappa shape index (κ1) is 13.8. The van der Waals surface area contributed by atoms with Gasteiger partial charge in [-0.25, -0.2) is 0 Å². The maximum absolute atomic E-state index is 11.0. The molecule has 2 N–H and O–H groups in total. The van der Waals surface area contributed by atoms with Crippen LogP contribution >= 0.6 is 0 Å². The summed E-state index contributed by atoms with van der Waals surface area (Å²) in [6.45, 7) is 8.85. The SMILES string of the molecule is Cc1cc(C(N)=O)ccc1CCC(C)C(C)C. The molecule has 0 spiro atoms. The Labute approximate surface area is 104 Å². The van der Waals surface area contributed by atoms with Crippen molar-refractivity contribution in [2.24, 2.45) is 17.6 Å². The minimum absolute atomic E-state index is 0.352. The quantitative estimate of drug-likeness (QED) is 0.833. The van der Waals surface area contributed by atoms with Crippen molar-refractivity contribution in [3.8, 4) is 0 Å². The molecule has 1 aromatic rings. The van der Waals surface area contributed by atoms with E-state index in [0.29, 0.717) is 5.56 Å². The molecule has 1 rings (SSSR count). The number of nitrogens with two attached hydrogens (primary N) is 1. The third kappa shape index (κ3) is 3.88. The third-order valence-corrected chi connectivity index (χ3v) is 3.63. The Balaban J connectivity index is 2.70. The fourth-order valence-corrected chi connectivity index (χ4v) is 1.85. The number of hydrogen-bond acceptors (Lipinski definition) is 1. The zero-order valence-electron chi connectivity index (χ0n) is 11.3. The first-order chi connectivity index (χ1) is 7.91. The highest BCUT2D eigenvalue weighted by molar-refractivity contribution is 5.93. The van der Waals surface area contributed by atoms with Crippen LogP contribution in [0.1, 0.15) is 48.7 Å². The van der Waals surface area contributed by atoms with Crippen molar-refractivity contribution in [3.63, 3.8) is 0 Å². The highest BCUT2D eigenvalue weighted by Crippen LogP contribution is 2.19. The van der Waals surface area contributed by atoms with Crippen molar-refractivity contribution in [1.82, 2.24) is 0 Å². The molecule has 0 aliphatic carbocycles. The lowest BCUT2D eigenvalue weighted by atomic mass is 9.90. The Morgan fingerprint density at radius 1 is 1.29 bits per heavy atom. The molecule has 1 amide bonds. The molecule has 17 heavy (non-hydrogen) atoms. The Kier molecular flexibility index (Phi) is 4.73. The zero-order valence-corrected chi connectivity index (χ0v) is 11.3. The van der Waals surface area contributed by atoms with Crippen LogP contribution < -0.4 is 5.73 Å². The van der Waals surface area contributed by atoms with Crippen LogP contribution in [0.5, 0.6) is 0 Å². The lowest BCUT2D eigenvalue weighted by Gasteiger charge is -2.16. The van der Waals surface area contributed by atoms with Gasteiger partial charge in [0.25, 0.3) is 0 Å². The first-order valence-electron chi connectivity index (χ1n) is 6.31. The van der Waals surface area contributed by atoms with E-state index in [9.17, 15) is 4.79 Å². The van der Waals surface area contributed by atoms with E-state index in [1.807, 2.05) is 25.1 Å². The van der Waals surface area contributed by atoms with E-state index in [0.717, 1.165) is 23.8 Å². The molecule has 1 unspecified atom stereocenters. The van der Waals surface area contributed by atoms with Gasteiger partial charge in [0.05, 0.1) is 0 Å². The Morgan fingerprint density at radius 2 is 1.94 bits per heavy atom. The van der Waals surface area contributed by atoms with E-state index < -0.39 is 0 Å². The van der Waals surface area contributed by atoms with Crippen molar-refractivity contribution in [3.05, 3.63) is 34.9 Å². The second-order valence-electron chi connectivity index (χ2n) is 5.27. The molecule has 1 atom stereocenters. The smallest absolute Gasteiger partial charge is 0.248 e. The van der Waals surface area contributed by atoms with Crippen LogP contribution in [0.15, 0.2) is 18.2 Å². The maximum atomic E-state index is 11.0. The zero-order chi connectivity index (χ0) is 13.0. The number of carbonyl (C=O) groups is 1. The summed E-state index contributed by atoms with van der Waals surface area (Å²) in [5.41, 5.74) is 8.34. The van der Waals surface area contributed by atoms with Crippen molar-refractivity contribution < 1.29 is 4.79 Å². The maximum Gasteiger partial charge on any atom is 0.248 e. The molecule has 0 aliphatic heterocycles. The fraction of sp³-hybridized carbons (Fsp3) is 0.533. The summed E-state index contributed by atoms with van der Waals surface area (Å²) in [7, 11) is 0. The van der Waals surface area contributed by atoms with Gasteiger partial charge in [0, 0.05) is 5.56 Å². The topological polar surface area (TPSA) is 43.1 Å². The van der Waals surface area contributed by atoms with Crippen molar-refractivity contribution in [2.45, 2.75) is 40.5 Å². The van der Waals surface area contributed by atoms with Crippen LogP contribution in [-0.4, -0.2) is 5.91 Å². The Bertz CT molecular complexity index is 396. The summed E-state index contributed by atoms with van der Waals surface area (Å²) < 4.78 is 0. The van der Waals surface area contributed by atoms with Crippen LogP contribution in [-0.2, 0) is 6.42 Å². The predicted molar refractivity (Wildman–Crippen MR) is 72.0 cm³/mol. The molecule has 0 heterocycles. The highest BCUT2D eigenvalue weighted by Gasteiger charge is 2.09. The minimum Gasteiger partial charge on any atom is -0.366 e. The number of rotatable bonds is 5. The standard InChI is InChI=1S/C15H23NO/c1-10(2)11(3)5-6-13-7-8-14(15(16)17)9-12(13)4/h7-11H,5-6H2,1-4H3,(H2,16,17). The number of carbonyl (C=O) groups excluding carboxylic acids is 1. The molecule has 0 aliphatic rings. The third-order valence-electron chi connectivity index (χ3n) is 3.63. The number of hydrogen-bond donors (Lipinski definition) is 1. The number of aryl methyl sites for hydroxylation is 2. The van der Waals surface area contributed by atoms with Gasteiger partial charge in [-0.1, -0.05) is 26.8 Å². The molecule has 94 valence electrons. The fourth-order valence-electron chi connectivity index (χ4n) is 1.85. The van der Waals surface area contributed by atoms with Crippen LogP contribution in [0.2, 0.25) is 0 Å². The van der Waals surface area contributed by atoms with Gasteiger partial charge in [-0.2, -0.15) is 0 Å². The summed E-state index contributed by atoms with van der Waals surface area (Å²) in [6, 6.07) is 5.74. The van der Waals surface area contributed by atoms with E-state index in [2.05, 4.69) is 20.8 Å². The summed E-state index contributed by atoms with van der Waals surface area (Å²) in [5.74, 6) is 1.10.